The van der Waals surface area contributed by atoms with Crippen LogP contribution in [0, 0.1) is 17.0 Å². The van der Waals surface area contributed by atoms with Gasteiger partial charge in [-0.15, -0.1) is 12.4 Å². The highest BCUT2D eigenvalue weighted by Gasteiger charge is 2.25. The Morgan fingerprint density at radius 3 is 2.59 bits per heavy atom. The number of nitrogens with zero attached hydrogens (tertiary/aromatic N) is 4. The third-order valence-electron chi connectivity index (χ3n) is 4.17. The number of nitro groups is 1. The quantitative estimate of drug-likeness (QED) is 0.394. The Morgan fingerprint density at radius 2 is 1.93 bits per heavy atom. The van der Waals surface area contributed by atoms with Gasteiger partial charge in [-0.05, 0) is 44.8 Å². The molecule has 0 fully saturated rings. The molecule has 154 valence electrons. The smallest absolute Gasteiger partial charge is 0.270 e. The Morgan fingerprint density at radius 1 is 1.21 bits per heavy atom. The maximum absolute atomic E-state index is 13.3. The van der Waals surface area contributed by atoms with Crippen LogP contribution in [0.25, 0.3) is 10.2 Å². The van der Waals surface area contributed by atoms with Gasteiger partial charge in [0.15, 0.2) is 5.13 Å². The monoisotopic (exact) mass is 454 g/mol. The van der Waals surface area contributed by atoms with E-state index in [9.17, 15) is 14.9 Å². The van der Waals surface area contributed by atoms with E-state index >= 15 is 0 Å². The number of carbonyl (C=O) groups is 1. The van der Waals surface area contributed by atoms with Crippen molar-refractivity contribution in [2.45, 2.75) is 6.92 Å². The number of amides is 1. The van der Waals surface area contributed by atoms with Crippen LogP contribution in [-0.4, -0.2) is 47.9 Å². The molecule has 0 unspecified atom stereocenters. The second-order valence-corrected chi connectivity index (χ2v) is 8.07. The predicted octanol–water partition coefficient (Wildman–Crippen LogP) is 4.80. The van der Waals surface area contributed by atoms with E-state index in [2.05, 4.69) is 4.98 Å². The van der Waals surface area contributed by atoms with Gasteiger partial charge in [-0.1, -0.05) is 29.0 Å². The highest BCUT2D eigenvalue weighted by Crippen LogP contribution is 2.32. The third-order valence-corrected chi connectivity index (χ3v) is 5.54. The van der Waals surface area contributed by atoms with Crippen LogP contribution in [0.3, 0.4) is 0 Å². The van der Waals surface area contributed by atoms with Gasteiger partial charge in [0.1, 0.15) is 0 Å². The number of anilines is 1. The average molecular weight is 455 g/mol. The number of thiazole rings is 1. The van der Waals surface area contributed by atoms with Crippen LogP contribution in [-0.2, 0) is 0 Å². The van der Waals surface area contributed by atoms with Gasteiger partial charge in [-0.2, -0.15) is 0 Å². The fourth-order valence-electron chi connectivity index (χ4n) is 2.66. The molecule has 1 amide bonds. The molecule has 0 atom stereocenters. The fourth-order valence-corrected chi connectivity index (χ4v) is 3.94. The molecule has 0 aliphatic carbocycles. The van der Waals surface area contributed by atoms with E-state index < -0.39 is 10.8 Å². The Kier molecular flexibility index (Phi) is 7.54. The highest BCUT2D eigenvalue weighted by atomic mass is 35.5. The number of aromatic nitrogens is 1. The Hall–Kier alpha value is -2.26. The second kappa shape index (κ2) is 9.49. The van der Waals surface area contributed by atoms with Gasteiger partial charge in [0.05, 0.1) is 25.7 Å². The number of halogens is 2. The molecule has 7 nitrogen and oxygen atoms in total. The van der Waals surface area contributed by atoms with Gasteiger partial charge in [0.25, 0.3) is 11.6 Å². The lowest BCUT2D eigenvalue weighted by Gasteiger charge is -2.22. The summed E-state index contributed by atoms with van der Waals surface area (Å²) in [4.78, 5) is 31.9. The third kappa shape index (κ3) is 5.22. The van der Waals surface area contributed by atoms with Crippen LogP contribution >= 0.6 is 35.3 Å². The molecule has 0 aliphatic heterocycles. The number of fused-ring (bicyclic) bond motifs is 1. The minimum absolute atomic E-state index is 0. The fraction of sp³-hybridized carbons (Fsp3) is 0.263. The summed E-state index contributed by atoms with van der Waals surface area (Å²) in [6.07, 6.45) is 0. The van der Waals surface area contributed by atoms with Crippen molar-refractivity contribution in [1.82, 2.24) is 9.88 Å². The van der Waals surface area contributed by atoms with Crippen LogP contribution in [0.15, 0.2) is 36.4 Å². The number of rotatable bonds is 6. The summed E-state index contributed by atoms with van der Waals surface area (Å²) < 4.78 is 0.975. The first-order valence-corrected chi connectivity index (χ1v) is 9.73. The Labute approximate surface area is 183 Å². The number of non-ortho nitro benzene ring substituents is 1. The largest absolute Gasteiger partial charge is 0.308 e. The minimum Gasteiger partial charge on any atom is -0.308 e. The molecule has 0 N–H and O–H groups in total. The zero-order valence-corrected chi connectivity index (χ0v) is 18.5. The normalized spacial score (nSPS) is 10.8. The molecule has 0 bridgehead atoms. The van der Waals surface area contributed by atoms with E-state index in [-0.39, 0.29) is 28.7 Å². The first kappa shape index (κ1) is 23.0. The standard InChI is InChI=1S/C19H19ClN4O3S.ClH/c1-12-4-7-16-17(10-12)28-19(21-16)23(9-8-22(2)3)18(25)14-11-13(24(26)27)5-6-15(14)20;/h4-7,10-11H,8-9H2,1-3H3;1H. The molecule has 0 saturated carbocycles. The van der Waals surface area contributed by atoms with E-state index in [0.717, 1.165) is 15.8 Å². The van der Waals surface area contributed by atoms with E-state index in [1.165, 1.54) is 34.4 Å². The molecule has 10 heteroatoms. The maximum atomic E-state index is 13.3. The first-order valence-electron chi connectivity index (χ1n) is 8.54. The van der Waals surface area contributed by atoms with E-state index in [4.69, 9.17) is 11.6 Å². The number of hydrogen-bond acceptors (Lipinski definition) is 6. The Bertz CT molecular complexity index is 1060. The summed E-state index contributed by atoms with van der Waals surface area (Å²) in [5.74, 6) is -0.411. The summed E-state index contributed by atoms with van der Waals surface area (Å²) in [5.41, 5.74) is 1.82. The van der Waals surface area contributed by atoms with Crippen LogP contribution < -0.4 is 4.90 Å². The molecule has 0 saturated heterocycles. The molecule has 1 aromatic heterocycles. The van der Waals surface area contributed by atoms with Crippen LogP contribution in [0.5, 0.6) is 0 Å². The summed E-state index contributed by atoms with van der Waals surface area (Å²) >= 11 is 7.60. The zero-order chi connectivity index (χ0) is 20.4. The molecular weight excluding hydrogens is 435 g/mol. The lowest BCUT2D eigenvalue weighted by Crippen LogP contribution is -2.37. The molecular formula is C19H20Cl2N4O3S. The SMILES string of the molecule is Cc1ccc2nc(N(CCN(C)C)C(=O)c3cc([N+](=O)[O-])ccc3Cl)sc2c1.Cl. The predicted molar refractivity (Wildman–Crippen MR) is 120 cm³/mol. The van der Waals surface area contributed by atoms with Crippen molar-refractivity contribution < 1.29 is 9.72 Å². The van der Waals surface area contributed by atoms with Crippen molar-refractivity contribution in [2.75, 3.05) is 32.1 Å². The summed E-state index contributed by atoms with van der Waals surface area (Å²) in [7, 11) is 3.81. The number of carbonyl (C=O) groups excluding carboxylic acids is 1. The van der Waals surface area contributed by atoms with Gasteiger partial charge in [-0.25, -0.2) is 4.98 Å². The number of nitro benzene ring substituents is 1. The van der Waals surface area contributed by atoms with Gasteiger partial charge < -0.3 is 4.90 Å². The number of hydrogen-bond donors (Lipinski definition) is 0. The molecule has 0 aliphatic rings. The van der Waals surface area contributed by atoms with Crippen molar-refractivity contribution in [3.63, 3.8) is 0 Å². The van der Waals surface area contributed by atoms with Crippen molar-refractivity contribution in [3.05, 3.63) is 62.7 Å². The summed E-state index contributed by atoms with van der Waals surface area (Å²) in [6, 6.07) is 9.77. The lowest BCUT2D eigenvalue weighted by atomic mass is 10.1. The van der Waals surface area contributed by atoms with E-state index in [0.29, 0.717) is 18.2 Å². The minimum atomic E-state index is -0.544. The van der Waals surface area contributed by atoms with Gasteiger partial charge in [0.2, 0.25) is 0 Å². The van der Waals surface area contributed by atoms with Crippen molar-refractivity contribution in [1.29, 1.82) is 0 Å². The molecule has 29 heavy (non-hydrogen) atoms. The average Bonchev–Trinajstić information content (AvgIpc) is 3.04. The van der Waals surface area contributed by atoms with Gasteiger partial charge >= 0.3 is 0 Å². The topological polar surface area (TPSA) is 79.6 Å². The number of benzene rings is 2. The summed E-state index contributed by atoms with van der Waals surface area (Å²) in [5, 5.41) is 11.8. The first-order chi connectivity index (χ1) is 13.3. The molecule has 3 aromatic rings. The van der Waals surface area contributed by atoms with E-state index in [1.54, 1.807) is 0 Å². The van der Waals surface area contributed by atoms with Crippen LogP contribution in [0.4, 0.5) is 10.8 Å². The van der Waals surface area contributed by atoms with Crippen LogP contribution in [0.2, 0.25) is 5.02 Å². The molecule has 2 aromatic carbocycles. The number of aryl methyl sites for hydroxylation is 1. The summed E-state index contributed by atoms with van der Waals surface area (Å²) in [6.45, 7) is 2.98. The lowest BCUT2D eigenvalue weighted by molar-refractivity contribution is -0.384. The van der Waals surface area contributed by atoms with Crippen molar-refractivity contribution >= 4 is 62.3 Å². The van der Waals surface area contributed by atoms with Gasteiger partial charge in [-0.3, -0.25) is 19.8 Å². The molecule has 1 heterocycles. The maximum Gasteiger partial charge on any atom is 0.270 e. The second-order valence-electron chi connectivity index (χ2n) is 6.65. The molecule has 0 spiro atoms. The van der Waals surface area contributed by atoms with Crippen LogP contribution in [0.1, 0.15) is 15.9 Å². The molecule has 0 radical (unpaired) electrons. The zero-order valence-electron chi connectivity index (χ0n) is 16.1. The van der Waals surface area contributed by atoms with Crippen molar-refractivity contribution in [3.8, 4) is 0 Å². The van der Waals surface area contributed by atoms with Crippen molar-refractivity contribution in [2.24, 2.45) is 0 Å². The number of likely N-dealkylation sites (N-methyl/N-ethyl adjacent to an activating group) is 1. The molecule has 3 rings (SSSR count). The Balaban J connectivity index is 0.00000300. The van der Waals surface area contributed by atoms with E-state index in [1.807, 2.05) is 44.1 Å². The highest BCUT2D eigenvalue weighted by molar-refractivity contribution is 7.22. The van der Waals surface area contributed by atoms with Gasteiger partial charge in [0, 0.05) is 25.2 Å².